The molecule has 0 fully saturated rings. The van der Waals surface area contributed by atoms with Crippen LogP contribution in [0.1, 0.15) is 31.1 Å². The molecule has 0 aliphatic carbocycles. The summed E-state index contributed by atoms with van der Waals surface area (Å²) in [4.78, 5) is 22.4. The highest BCUT2D eigenvalue weighted by molar-refractivity contribution is 6.32. The lowest BCUT2D eigenvalue weighted by Gasteiger charge is -2.17. The molecule has 2 heterocycles. The number of nitrogens with two attached hydrogens (primary N) is 1. The van der Waals surface area contributed by atoms with E-state index in [0.29, 0.717) is 27.7 Å². The van der Waals surface area contributed by atoms with E-state index in [9.17, 15) is 9.18 Å². The summed E-state index contributed by atoms with van der Waals surface area (Å²) in [6, 6.07) is 16.4. The van der Waals surface area contributed by atoms with Crippen LogP contribution in [0.5, 0.6) is 0 Å². The topological polar surface area (TPSA) is 73.8 Å². The monoisotopic (exact) mass is 434 g/mol. The molecule has 0 aliphatic heterocycles. The van der Waals surface area contributed by atoms with Gasteiger partial charge in [-0.2, -0.15) is 0 Å². The SMILES string of the molecule is CC(C)(N)c1cccc(C=Cc2nc3ccc(F)cc3c(=O)n2-c2ccccc2Cl)n1. The van der Waals surface area contributed by atoms with Crippen LogP contribution in [-0.4, -0.2) is 14.5 Å². The molecule has 0 aliphatic rings. The first-order valence-electron chi connectivity index (χ1n) is 9.66. The molecule has 2 aromatic carbocycles. The van der Waals surface area contributed by atoms with Gasteiger partial charge >= 0.3 is 0 Å². The summed E-state index contributed by atoms with van der Waals surface area (Å²) in [5.41, 5.74) is 7.39. The van der Waals surface area contributed by atoms with Crippen molar-refractivity contribution in [2.75, 3.05) is 0 Å². The minimum atomic E-state index is -0.589. The number of aromatic nitrogens is 3. The van der Waals surface area contributed by atoms with Gasteiger partial charge in [-0.1, -0.05) is 29.8 Å². The Morgan fingerprint density at radius 3 is 2.55 bits per heavy atom. The van der Waals surface area contributed by atoms with Crippen LogP contribution in [0, 0.1) is 5.82 Å². The molecule has 2 N–H and O–H groups in total. The summed E-state index contributed by atoms with van der Waals surface area (Å²) >= 11 is 6.36. The molecule has 0 spiro atoms. The van der Waals surface area contributed by atoms with Crippen LogP contribution in [0.15, 0.2) is 65.5 Å². The number of benzene rings is 2. The van der Waals surface area contributed by atoms with Crippen molar-refractivity contribution >= 4 is 34.7 Å². The number of pyridine rings is 1. The van der Waals surface area contributed by atoms with Gasteiger partial charge in [0.05, 0.1) is 38.5 Å². The fraction of sp³-hybridized carbons (Fsp3) is 0.125. The first kappa shape index (κ1) is 20.9. The van der Waals surface area contributed by atoms with Gasteiger partial charge in [0.1, 0.15) is 11.6 Å². The first-order chi connectivity index (χ1) is 14.7. The summed E-state index contributed by atoms with van der Waals surface area (Å²) in [7, 11) is 0. The maximum absolute atomic E-state index is 13.8. The lowest BCUT2D eigenvalue weighted by molar-refractivity contribution is 0.535. The Labute approximate surface area is 183 Å². The van der Waals surface area contributed by atoms with Crippen molar-refractivity contribution in [2.24, 2.45) is 5.73 Å². The summed E-state index contributed by atoms with van der Waals surface area (Å²) < 4.78 is 15.2. The van der Waals surface area contributed by atoms with Crippen molar-refractivity contribution in [3.05, 3.63) is 99.1 Å². The first-order valence-corrected chi connectivity index (χ1v) is 10.0. The third-order valence-corrected chi connectivity index (χ3v) is 5.10. The molecule has 0 unspecified atom stereocenters. The molecule has 5 nitrogen and oxygen atoms in total. The lowest BCUT2D eigenvalue weighted by Crippen LogP contribution is -2.29. The standard InChI is InChI=1S/C24H20ClFN4O/c1-24(2,27)21-9-5-6-16(28-21)11-13-22-29-19-12-10-15(26)14-17(19)23(31)30(22)20-8-4-3-7-18(20)25/h3-14H,27H2,1-2H3. The Morgan fingerprint density at radius 2 is 1.81 bits per heavy atom. The second-order valence-electron chi connectivity index (χ2n) is 7.73. The van der Waals surface area contributed by atoms with Gasteiger partial charge in [0.2, 0.25) is 0 Å². The average molecular weight is 435 g/mol. The van der Waals surface area contributed by atoms with Gasteiger partial charge in [0.25, 0.3) is 5.56 Å². The highest BCUT2D eigenvalue weighted by atomic mass is 35.5. The van der Waals surface area contributed by atoms with Crippen molar-refractivity contribution in [1.29, 1.82) is 0 Å². The zero-order valence-corrected chi connectivity index (χ0v) is 17.8. The molecule has 4 rings (SSSR count). The second kappa shape index (κ2) is 8.06. The largest absolute Gasteiger partial charge is 0.321 e. The molecule has 4 aromatic rings. The maximum Gasteiger partial charge on any atom is 0.266 e. The fourth-order valence-electron chi connectivity index (χ4n) is 3.22. The van der Waals surface area contributed by atoms with Crippen molar-refractivity contribution in [3.63, 3.8) is 0 Å². The van der Waals surface area contributed by atoms with Crippen LogP contribution in [0.3, 0.4) is 0 Å². The minimum Gasteiger partial charge on any atom is -0.321 e. The highest BCUT2D eigenvalue weighted by Crippen LogP contribution is 2.22. The third-order valence-electron chi connectivity index (χ3n) is 4.78. The average Bonchev–Trinajstić information content (AvgIpc) is 2.73. The Morgan fingerprint density at radius 1 is 1.03 bits per heavy atom. The Kier molecular flexibility index (Phi) is 5.43. The maximum atomic E-state index is 13.8. The van der Waals surface area contributed by atoms with E-state index in [-0.39, 0.29) is 5.39 Å². The van der Waals surface area contributed by atoms with E-state index in [1.807, 2.05) is 32.0 Å². The molecule has 31 heavy (non-hydrogen) atoms. The van der Waals surface area contributed by atoms with Crippen LogP contribution in [0.25, 0.3) is 28.7 Å². The van der Waals surface area contributed by atoms with E-state index in [1.165, 1.54) is 22.8 Å². The molecule has 0 radical (unpaired) electrons. The number of rotatable bonds is 4. The van der Waals surface area contributed by atoms with Gasteiger partial charge in [-0.05, 0) is 68.5 Å². The molecular formula is C24H20ClFN4O. The van der Waals surface area contributed by atoms with Crippen molar-refractivity contribution < 1.29 is 4.39 Å². The van der Waals surface area contributed by atoms with Crippen molar-refractivity contribution in [1.82, 2.24) is 14.5 Å². The molecule has 0 atom stereocenters. The molecule has 0 saturated carbocycles. The summed E-state index contributed by atoms with van der Waals surface area (Å²) in [5, 5.41) is 0.545. The van der Waals surface area contributed by atoms with Gasteiger partial charge in [0, 0.05) is 0 Å². The zero-order chi connectivity index (χ0) is 22.2. The second-order valence-corrected chi connectivity index (χ2v) is 8.13. The van der Waals surface area contributed by atoms with Crippen molar-refractivity contribution in [2.45, 2.75) is 19.4 Å². The van der Waals surface area contributed by atoms with E-state index < -0.39 is 16.9 Å². The van der Waals surface area contributed by atoms with E-state index >= 15 is 0 Å². The number of halogens is 2. The number of nitrogens with zero attached hydrogens (tertiary/aromatic N) is 3. The fourth-order valence-corrected chi connectivity index (χ4v) is 3.44. The molecular weight excluding hydrogens is 415 g/mol. The van der Waals surface area contributed by atoms with Crippen LogP contribution < -0.4 is 11.3 Å². The summed E-state index contributed by atoms with van der Waals surface area (Å²) in [6.07, 6.45) is 3.43. The van der Waals surface area contributed by atoms with E-state index in [0.717, 1.165) is 5.69 Å². The lowest BCUT2D eigenvalue weighted by atomic mass is 10.0. The smallest absolute Gasteiger partial charge is 0.266 e. The molecule has 0 saturated heterocycles. The quantitative estimate of drug-likeness (QED) is 0.493. The molecule has 0 amide bonds. The van der Waals surface area contributed by atoms with E-state index in [4.69, 9.17) is 17.3 Å². The predicted molar refractivity (Wildman–Crippen MR) is 123 cm³/mol. The molecule has 0 bridgehead atoms. The van der Waals surface area contributed by atoms with Crippen LogP contribution in [0.4, 0.5) is 4.39 Å². The van der Waals surface area contributed by atoms with Crippen LogP contribution in [-0.2, 0) is 5.54 Å². The van der Waals surface area contributed by atoms with Gasteiger partial charge in [0.15, 0.2) is 0 Å². The van der Waals surface area contributed by atoms with Crippen LogP contribution >= 0.6 is 11.6 Å². The minimum absolute atomic E-state index is 0.169. The van der Waals surface area contributed by atoms with Gasteiger partial charge in [-0.25, -0.2) is 9.37 Å². The van der Waals surface area contributed by atoms with Gasteiger partial charge in [-0.3, -0.25) is 14.3 Å². The Bertz CT molecular complexity index is 1370. The van der Waals surface area contributed by atoms with Gasteiger partial charge < -0.3 is 5.73 Å². The number of hydrogen-bond acceptors (Lipinski definition) is 4. The Balaban J connectivity index is 1.92. The summed E-state index contributed by atoms with van der Waals surface area (Å²) in [6.45, 7) is 3.75. The third kappa shape index (κ3) is 4.26. The van der Waals surface area contributed by atoms with Crippen molar-refractivity contribution in [3.8, 4) is 5.69 Å². The number of hydrogen-bond donors (Lipinski definition) is 1. The zero-order valence-electron chi connectivity index (χ0n) is 17.0. The van der Waals surface area contributed by atoms with E-state index in [1.54, 1.807) is 36.4 Å². The normalized spacial score (nSPS) is 12.0. The molecule has 156 valence electrons. The number of para-hydroxylation sites is 1. The molecule has 2 aromatic heterocycles. The molecule has 7 heteroatoms. The summed E-state index contributed by atoms with van der Waals surface area (Å²) in [5.74, 6) is -0.165. The van der Waals surface area contributed by atoms with Crippen LogP contribution in [0.2, 0.25) is 5.02 Å². The number of fused-ring (bicyclic) bond motifs is 1. The predicted octanol–water partition coefficient (Wildman–Crippen LogP) is 4.94. The highest BCUT2D eigenvalue weighted by Gasteiger charge is 2.16. The van der Waals surface area contributed by atoms with Gasteiger partial charge in [-0.15, -0.1) is 0 Å². The van der Waals surface area contributed by atoms with E-state index in [2.05, 4.69) is 9.97 Å². The Hall–Kier alpha value is -3.35.